The van der Waals surface area contributed by atoms with Crippen molar-refractivity contribution in [3.63, 3.8) is 0 Å². The zero-order valence-corrected chi connectivity index (χ0v) is 27.6. The van der Waals surface area contributed by atoms with Crippen LogP contribution >= 0.6 is 0 Å². The quantitative estimate of drug-likeness (QED) is 0.272. The molecule has 48 heavy (non-hydrogen) atoms. The average molecular weight is 651 g/mol. The van der Waals surface area contributed by atoms with Gasteiger partial charge in [0.15, 0.2) is 0 Å². The van der Waals surface area contributed by atoms with Crippen LogP contribution in [0.25, 0.3) is 0 Å². The van der Waals surface area contributed by atoms with Gasteiger partial charge in [0.05, 0.1) is 30.4 Å². The minimum absolute atomic E-state index is 0.00105. The minimum Gasteiger partial charge on any atom is -0.404 e. The van der Waals surface area contributed by atoms with Gasteiger partial charge in [0, 0.05) is 24.7 Å². The van der Waals surface area contributed by atoms with Gasteiger partial charge in [0.2, 0.25) is 11.8 Å². The summed E-state index contributed by atoms with van der Waals surface area (Å²) in [5, 5.41) is 12.2. The molecule has 8 rings (SSSR count). The molecule has 0 radical (unpaired) electrons. The van der Waals surface area contributed by atoms with Crippen LogP contribution in [0.2, 0.25) is 0 Å². The number of nitrogens with zero attached hydrogens (tertiary/aromatic N) is 2. The first-order valence-corrected chi connectivity index (χ1v) is 16.9. The van der Waals surface area contributed by atoms with E-state index in [1.807, 2.05) is 48.7 Å². The zero-order valence-electron chi connectivity index (χ0n) is 27.6. The number of hydrogen-bond acceptors (Lipinski definition) is 8. The lowest BCUT2D eigenvalue weighted by Crippen LogP contribution is -2.65. The van der Waals surface area contributed by atoms with Gasteiger partial charge >= 0.3 is 7.12 Å². The monoisotopic (exact) mass is 650 g/mol. The van der Waals surface area contributed by atoms with Gasteiger partial charge in [-0.1, -0.05) is 68.5 Å². The molecule has 1 aromatic heterocycles. The summed E-state index contributed by atoms with van der Waals surface area (Å²) in [6.07, 6.45) is 17.1. The predicted octanol–water partition coefficient (Wildman–Crippen LogP) is 2.67. The Balaban J connectivity index is 1.07. The number of aromatic nitrogens is 2. The van der Waals surface area contributed by atoms with E-state index in [4.69, 9.17) is 9.31 Å². The lowest BCUT2D eigenvalue weighted by molar-refractivity contribution is -0.199. The second-order valence-electron chi connectivity index (χ2n) is 14.4. The van der Waals surface area contributed by atoms with Crippen molar-refractivity contribution in [2.24, 2.45) is 23.2 Å². The van der Waals surface area contributed by atoms with E-state index in [0.29, 0.717) is 11.8 Å². The fourth-order valence-electron chi connectivity index (χ4n) is 8.39. The highest BCUT2D eigenvalue weighted by atomic mass is 16.7. The molecule has 3 unspecified atom stereocenters. The lowest BCUT2D eigenvalue weighted by atomic mass is 9.43. The van der Waals surface area contributed by atoms with Gasteiger partial charge in [-0.25, -0.2) is 4.98 Å². The molecule has 3 saturated carbocycles. The van der Waals surface area contributed by atoms with Gasteiger partial charge in [0.25, 0.3) is 5.91 Å². The Morgan fingerprint density at radius 3 is 2.56 bits per heavy atom. The van der Waals surface area contributed by atoms with Crippen LogP contribution in [0, 0.1) is 23.2 Å². The van der Waals surface area contributed by atoms with Crippen LogP contribution in [0.15, 0.2) is 85.0 Å². The van der Waals surface area contributed by atoms with E-state index < -0.39 is 31.0 Å². The third-order valence-corrected chi connectivity index (χ3v) is 11.2. The summed E-state index contributed by atoms with van der Waals surface area (Å²) in [6.45, 7) is 6.77. The predicted molar refractivity (Wildman–Crippen MR) is 180 cm³/mol. The molecule has 1 saturated heterocycles. The van der Waals surface area contributed by atoms with E-state index in [9.17, 15) is 14.4 Å². The maximum absolute atomic E-state index is 14.0. The molecule has 1 aromatic carbocycles. The highest BCUT2D eigenvalue weighted by molar-refractivity contribution is 6.46. The Hall–Kier alpha value is -4.29. The third kappa shape index (κ3) is 6.19. The number of rotatable bonds is 11. The van der Waals surface area contributed by atoms with Crippen molar-refractivity contribution in [2.75, 3.05) is 6.44 Å². The van der Waals surface area contributed by atoms with Gasteiger partial charge in [-0.05, 0) is 60.8 Å². The van der Waals surface area contributed by atoms with Crippen molar-refractivity contribution in [3.8, 4) is 0 Å². The number of nitrogens with one attached hydrogen (secondary N) is 4. The molecule has 11 nitrogen and oxygen atoms in total. The second-order valence-corrected chi connectivity index (χ2v) is 14.4. The molecule has 3 amide bonds. The molecule has 250 valence electrons. The van der Waals surface area contributed by atoms with Crippen LogP contribution in [0.5, 0.6) is 0 Å². The smallest absolute Gasteiger partial charge is 0.404 e. The van der Waals surface area contributed by atoms with Crippen molar-refractivity contribution in [3.05, 3.63) is 96.3 Å². The molecule has 2 bridgehead atoms. The number of allylic oxidation sites excluding steroid dienone is 2. The average Bonchev–Trinajstić information content (AvgIpc) is 3.67. The number of fused-ring (bicyclic) bond motifs is 1. The molecule has 4 aliphatic carbocycles. The molecule has 12 heteroatoms. The fourth-order valence-corrected chi connectivity index (χ4v) is 8.39. The maximum atomic E-state index is 14.0. The van der Waals surface area contributed by atoms with Crippen molar-refractivity contribution in [1.29, 1.82) is 0 Å². The summed E-state index contributed by atoms with van der Waals surface area (Å²) in [6, 6.07) is 7.63. The number of carbonyl (C=O) groups excluding carboxylic acids is 3. The summed E-state index contributed by atoms with van der Waals surface area (Å²) in [5.74, 6) is -0.260. The zero-order chi connectivity index (χ0) is 33.5. The normalized spacial score (nSPS) is 30.1. The SMILES string of the molecule is CC1(C)C2C[C@H]1C[C@H]1OB(CNC(=O)[C@H](CC3=CNC4C=CC=CC34)NC(=O)[C@H](Cc3ccccc3)NC(=O)c3cnccn3)O[C@@]21C. The molecule has 0 spiro atoms. The topological polar surface area (TPSA) is 144 Å². The van der Waals surface area contributed by atoms with E-state index in [2.05, 4.69) is 64.2 Å². The molecule has 3 heterocycles. The number of amides is 3. The molecule has 4 N–H and O–H groups in total. The number of carbonyl (C=O) groups is 3. The van der Waals surface area contributed by atoms with Crippen LogP contribution in [0.3, 0.4) is 0 Å². The number of hydrogen-bond donors (Lipinski definition) is 4. The first-order valence-electron chi connectivity index (χ1n) is 16.9. The summed E-state index contributed by atoms with van der Waals surface area (Å²) in [7, 11) is -0.573. The maximum Gasteiger partial charge on any atom is 0.478 e. The van der Waals surface area contributed by atoms with Crippen molar-refractivity contribution >= 4 is 24.8 Å². The second kappa shape index (κ2) is 13.0. The van der Waals surface area contributed by atoms with Gasteiger partial charge in [-0.15, -0.1) is 0 Å². The summed E-state index contributed by atoms with van der Waals surface area (Å²) >= 11 is 0. The standard InChI is InChI=1S/C36H43BN6O5/c1-35(2)24-17-30(35)36(3)31(18-24)47-37(48-36)21-41-32(44)28(16-23-19-40-26-12-8-7-11-25(23)26)43-33(45)27(15-22-9-5-4-6-10-22)42-34(46)29-20-38-13-14-39-29/h4-14,19-20,24-28,30-31,40H,15-18,21H2,1-3H3,(H,41,44)(H,42,46)(H,43,45)/t24-,25?,26?,27-,28-,30?,31+,36-/m0/s1. The van der Waals surface area contributed by atoms with E-state index in [0.717, 1.165) is 24.0 Å². The molecule has 8 atom stereocenters. The molecular formula is C36H43BN6O5. The lowest BCUT2D eigenvalue weighted by Gasteiger charge is -2.64. The highest BCUT2D eigenvalue weighted by Gasteiger charge is 2.67. The third-order valence-electron chi connectivity index (χ3n) is 11.2. The molecule has 6 aliphatic rings. The van der Waals surface area contributed by atoms with Crippen molar-refractivity contribution in [1.82, 2.24) is 31.2 Å². The Bertz CT molecular complexity index is 1630. The van der Waals surface area contributed by atoms with Crippen molar-refractivity contribution in [2.45, 2.75) is 76.3 Å². The Morgan fingerprint density at radius 1 is 1.00 bits per heavy atom. The van der Waals surface area contributed by atoms with E-state index >= 15 is 0 Å². The Labute approximate surface area is 281 Å². The van der Waals surface area contributed by atoms with Crippen LogP contribution in [0.1, 0.15) is 56.1 Å². The Morgan fingerprint density at radius 2 is 1.79 bits per heavy atom. The molecule has 2 aliphatic heterocycles. The van der Waals surface area contributed by atoms with Crippen LogP contribution in [-0.4, -0.2) is 71.1 Å². The molecular weight excluding hydrogens is 607 g/mol. The largest absolute Gasteiger partial charge is 0.478 e. The fraction of sp³-hybridized carbons (Fsp3) is 0.472. The first kappa shape index (κ1) is 32.3. The Kier molecular flexibility index (Phi) is 8.72. The van der Waals surface area contributed by atoms with Gasteiger partial charge in [-0.3, -0.25) is 19.4 Å². The number of benzene rings is 1. The highest BCUT2D eigenvalue weighted by Crippen LogP contribution is 2.65. The van der Waals surface area contributed by atoms with E-state index in [1.165, 1.54) is 18.6 Å². The summed E-state index contributed by atoms with van der Waals surface area (Å²) < 4.78 is 12.9. The van der Waals surface area contributed by atoms with E-state index in [1.54, 1.807) is 0 Å². The first-order chi connectivity index (χ1) is 23.1. The molecule has 4 fully saturated rings. The van der Waals surface area contributed by atoms with Gasteiger partial charge in [0.1, 0.15) is 17.8 Å². The molecule has 2 aromatic rings. The van der Waals surface area contributed by atoms with Crippen LogP contribution in [0.4, 0.5) is 0 Å². The van der Waals surface area contributed by atoms with Gasteiger partial charge in [-0.2, -0.15) is 0 Å². The van der Waals surface area contributed by atoms with Gasteiger partial charge < -0.3 is 30.6 Å². The van der Waals surface area contributed by atoms with E-state index in [-0.39, 0.29) is 60.0 Å². The summed E-state index contributed by atoms with van der Waals surface area (Å²) in [5.41, 5.74) is 1.77. The van der Waals surface area contributed by atoms with Crippen LogP contribution in [-0.2, 0) is 25.3 Å². The minimum atomic E-state index is -0.974. The van der Waals surface area contributed by atoms with Crippen molar-refractivity contribution < 1.29 is 23.7 Å². The summed E-state index contributed by atoms with van der Waals surface area (Å²) in [4.78, 5) is 49.1. The van der Waals surface area contributed by atoms with Crippen LogP contribution < -0.4 is 21.3 Å².